The Morgan fingerprint density at radius 1 is 1.27 bits per heavy atom. The maximum absolute atomic E-state index is 6.20. The second-order valence-electron chi connectivity index (χ2n) is 5.40. The predicted octanol–water partition coefficient (Wildman–Crippen LogP) is 3.51. The van der Waals surface area contributed by atoms with Gasteiger partial charge in [0.2, 0.25) is 0 Å². The first-order valence-electron chi connectivity index (χ1n) is 7.13. The second kappa shape index (κ2) is 5.10. The van der Waals surface area contributed by atoms with E-state index in [1.54, 1.807) is 12.4 Å². The molecule has 0 saturated carbocycles. The Morgan fingerprint density at radius 2 is 2.18 bits per heavy atom. The summed E-state index contributed by atoms with van der Waals surface area (Å²) >= 11 is 6.20. The largest absolute Gasteiger partial charge is 0.383 e. The number of nitrogens with one attached hydrogen (secondary N) is 1. The number of benzene rings is 1. The fourth-order valence-corrected chi connectivity index (χ4v) is 2.89. The maximum atomic E-state index is 6.20. The van der Waals surface area contributed by atoms with E-state index < -0.39 is 0 Å². The smallest absolute Gasteiger partial charge is 0.170 e. The molecule has 1 aromatic carbocycles. The highest BCUT2D eigenvalue weighted by Gasteiger charge is 2.25. The Labute approximate surface area is 133 Å². The minimum atomic E-state index is 0.240. The molecule has 1 unspecified atom stereocenters. The molecule has 0 fully saturated rings. The Bertz CT molecular complexity index is 828. The lowest BCUT2D eigenvalue weighted by atomic mass is 10.1. The van der Waals surface area contributed by atoms with Gasteiger partial charge in [0.25, 0.3) is 0 Å². The van der Waals surface area contributed by atoms with Gasteiger partial charge in [-0.05, 0) is 30.3 Å². The molecule has 1 atom stereocenters. The Morgan fingerprint density at radius 3 is 3.00 bits per heavy atom. The van der Waals surface area contributed by atoms with Crippen LogP contribution in [0.5, 0.6) is 0 Å². The molecule has 1 N–H and O–H groups in total. The van der Waals surface area contributed by atoms with Gasteiger partial charge in [-0.1, -0.05) is 18.5 Å². The molecule has 4 rings (SSSR count). The van der Waals surface area contributed by atoms with E-state index in [0.717, 1.165) is 35.1 Å². The number of hydrogen-bond donors (Lipinski definition) is 1. The molecule has 3 aromatic rings. The monoisotopic (exact) mass is 311 g/mol. The van der Waals surface area contributed by atoms with Crippen molar-refractivity contribution in [1.82, 2.24) is 19.7 Å². The first-order chi connectivity index (χ1) is 10.7. The number of anilines is 1. The molecule has 0 saturated heterocycles. The predicted molar refractivity (Wildman–Crippen MR) is 86.5 cm³/mol. The summed E-state index contributed by atoms with van der Waals surface area (Å²) in [6.45, 7) is 2.94. The van der Waals surface area contributed by atoms with E-state index in [1.165, 1.54) is 0 Å². The number of halogens is 1. The molecule has 0 aliphatic carbocycles. The first kappa shape index (κ1) is 13.3. The summed E-state index contributed by atoms with van der Waals surface area (Å²) in [5.41, 5.74) is 2.93. The number of fused-ring (bicyclic) bond motifs is 3. The molecular weight excluding hydrogens is 298 g/mol. The van der Waals surface area contributed by atoms with Gasteiger partial charge in [-0.3, -0.25) is 9.55 Å². The minimum Gasteiger partial charge on any atom is -0.383 e. The average molecular weight is 312 g/mol. The second-order valence-corrected chi connectivity index (χ2v) is 5.84. The van der Waals surface area contributed by atoms with Crippen LogP contribution < -0.4 is 5.32 Å². The molecule has 5 nitrogen and oxygen atoms in total. The summed E-state index contributed by atoms with van der Waals surface area (Å²) in [5.74, 6) is 1.94. The molecule has 6 heteroatoms. The summed E-state index contributed by atoms with van der Waals surface area (Å²) in [6.07, 6.45) is 3.54. The van der Waals surface area contributed by atoms with Crippen molar-refractivity contribution in [2.24, 2.45) is 0 Å². The maximum Gasteiger partial charge on any atom is 0.170 e. The van der Waals surface area contributed by atoms with Crippen LogP contribution in [0, 0.1) is 0 Å². The standard InChI is InChI=1S/C16H14ClN5/c1-10-8-19-13-5-4-12(17)7-14(13)22-15(10)20-21-16(22)11-3-2-6-18-9-11/h2-7,9-10,19H,8H2,1H3. The number of nitrogens with zero attached hydrogens (tertiary/aromatic N) is 4. The van der Waals surface area contributed by atoms with E-state index >= 15 is 0 Å². The Kier molecular flexibility index (Phi) is 3.08. The van der Waals surface area contributed by atoms with Crippen molar-refractivity contribution in [3.05, 3.63) is 53.6 Å². The average Bonchev–Trinajstić information content (AvgIpc) is 2.94. The molecule has 1 aliphatic heterocycles. The van der Waals surface area contributed by atoms with Crippen LogP contribution in [0.25, 0.3) is 17.1 Å². The number of aromatic nitrogens is 4. The van der Waals surface area contributed by atoms with Crippen molar-refractivity contribution in [3.8, 4) is 17.1 Å². The van der Waals surface area contributed by atoms with Crippen molar-refractivity contribution in [2.75, 3.05) is 11.9 Å². The molecule has 0 spiro atoms. The SMILES string of the molecule is CC1CNc2ccc(Cl)cc2-n2c(-c3cccnc3)nnc21. The van der Waals surface area contributed by atoms with Gasteiger partial charge in [-0.15, -0.1) is 10.2 Å². The van der Waals surface area contributed by atoms with E-state index in [2.05, 4.69) is 32.0 Å². The Hall–Kier alpha value is -2.40. The van der Waals surface area contributed by atoms with Crippen LogP contribution in [-0.2, 0) is 0 Å². The summed E-state index contributed by atoms with van der Waals surface area (Å²) < 4.78 is 2.07. The Balaban J connectivity index is 2.01. The fraction of sp³-hybridized carbons (Fsp3) is 0.188. The summed E-state index contributed by atoms with van der Waals surface area (Å²) in [5, 5.41) is 12.9. The molecule has 2 aromatic heterocycles. The molecule has 22 heavy (non-hydrogen) atoms. The lowest BCUT2D eigenvalue weighted by Gasteiger charge is -2.12. The lowest BCUT2D eigenvalue weighted by molar-refractivity contribution is 0.725. The number of hydrogen-bond acceptors (Lipinski definition) is 4. The zero-order valence-corrected chi connectivity index (χ0v) is 12.7. The third-order valence-electron chi connectivity index (χ3n) is 3.85. The van der Waals surface area contributed by atoms with Gasteiger partial charge in [-0.25, -0.2) is 0 Å². The van der Waals surface area contributed by atoms with Crippen LogP contribution in [0.4, 0.5) is 5.69 Å². The third kappa shape index (κ3) is 2.05. The van der Waals surface area contributed by atoms with E-state index in [-0.39, 0.29) is 5.92 Å². The van der Waals surface area contributed by atoms with Crippen molar-refractivity contribution in [1.29, 1.82) is 0 Å². The fourth-order valence-electron chi connectivity index (χ4n) is 2.73. The molecule has 0 amide bonds. The lowest BCUT2D eigenvalue weighted by Crippen LogP contribution is -2.09. The van der Waals surface area contributed by atoms with E-state index in [9.17, 15) is 0 Å². The van der Waals surface area contributed by atoms with Crippen molar-refractivity contribution >= 4 is 17.3 Å². The van der Waals surface area contributed by atoms with Gasteiger partial charge in [0.15, 0.2) is 5.82 Å². The van der Waals surface area contributed by atoms with Crippen molar-refractivity contribution in [3.63, 3.8) is 0 Å². The highest BCUT2D eigenvalue weighted by molar-refractivity contribution is 6.30. The molecule has 110 valence electrons. The number of pyridine rings is 1. The van der Waals surface area contributed by atoms with Crippen molar-refractivity contribution < 1.29 is 0 Å². The van der Waals surface area contributed by atoms with Gasteiger partial charge >= 0.3 is 0 Å². The van der Waals surface area contributed by atoms with Gasteiger partial charge in [0.1, 0.15) is 5.82 Å². The normalized spacial score (nSPS) is 16.4. The van der Waals surface area contributed by atoms with Crippen LogP contribution in [0.3, 0.4) is 0 Å². The van der Waals surface area contributed by atoms with Gasteiger partial charge < -0.3 is 5.32 Å². The van der Waals surface area contributed by atoms with Crippen LogP contribution in [0.2, 0.25) is 5.02 Å². The molecule has 0 bridgehead atoms. The third-order valence-corrected chi connectivity index (χ3v) is 4.08. The van der Waals surface area contributed by atoms with Gasteiger partial charge in [0.05, 0.1) is 11.4 Å². The zero-order valence-electron chi connectivity index (χ0n) is 12.0. The zero-order chi connectivity index (χ0) is 15.1. The highest BCUT2D eigenvalue weighted by atomic mass is 35.5. The molecular formula is C16H14ClN5. The van der Waals surface area contributed by atoms with E-state index in [4.69, 9.17) is 11.6 Å². The van der Waals surface area contributed by atoms with Gasteiger partial charge in [-0.2, -0.15) is 0 Å². The summed E-state index contributed by atoms with van der Waals surface area (Å²) in [4.78, 5) is 4.18. The van der Waals surface area contributed by atoms with E-state index in [1.807, 2.05) is 30.3 Å². The number of rotatable bonds is 1. The van der Waals surface area contributed by atoms with Crippen LogP contribution >= 0.6 is 11.6 Å². The van der Waals surface area contributed by atoms with Gasteiger partial charge in [0, 0.05) is 35.4 Å². The van der Waals surface area contributed by atoms with E-state index in [0.29, 0.717) is 5.02 Å². The van der Waals surface area contributed by atoms with Crippen LogP contribution in [0.15, 0.2) is 42.7 Å². The molecule has 0 radical (unpaired) electrons. The highest BCUT2D eigenvalue weighted by Crippen LogP contribution is 2.34. The first-order valence-corrected chi connectivity index (χ1v) is 7.51. The molecule has 3 heterocycles. The summed E-state index contributed by atoms with van der Waals surface area (Å²) in [7, 11) is 0. The molecule has 1 aliphatic rings. The minimum absolute atomic E-state index is 0.240. The van der Waals surface area contributed by atoms with Crippen molar-refractivity contribution in [2.45, 2.75) is 12.8 Å². The van der Waals surface area contributed by atoms with Crippen LogP contribution in [0.1, 0.15) is 18.7 Å². The van der Waals surface area contributed by atoms with Crippen LogP contribution in [-0.4, -0.2) is 26.3 Å². The quantitative estimate of drug-likeness (QED) is 0.747. The summed E-state index contributed by atoms with van der Waals surface area (Å²) in [6, 6.07) is 9.70. The topological polar surface area (TPSA) is 55.6 Å².